The first-order valence-corrected chi connectivity index (χ1v) is 8.06. The van der Waals surface area contributed by atoms with E-state index >= 15 is 0 Å². The zero-order chi connectivity index (χ0) is 15.5. The molecule has 0 atom stereocenters. The van der Waals surface area contributed by atoms with E-state index in [1.54, 1.807) is 0 Å². The SMILES string of the molecule is c1ccc(CNCc2c3ccccc3cc3ccccc23)cc1. The lowest BCUT2D eigenvalue weighted by Gasteiger charge is -2.12. The molecule has 0 bridgehead atoms. The summed E-state index contributed by atoms with van der Waals surface area (Å²) in [6.45, 7) is 1.76. The van der Waals surface area contributed by atoms with E-state index in [-0.39, 0.29) is 0 Å². The number of rotatable bonds is 4. The second-order valence-corrected chi connectivity index (χ2v) is 5.89. The molecule has 23 heavy (non-hydrogen) atoms. The highest BCUT2D eigenvalue weighted by atomic mass is 14.8. The van der Waals surface area contributed by atoms with Gasteiger partial charge in [-0.15, -0.1) is 0 Å². The van der Waals surface area contributed by atoms with Gasteiger partial charge in [0.25, 0.3) is 0 Å². The highest BCUT2D eigenvalue weighted by molar-refractivity contribution is 6.02. The van der Waals surface area contributed by atoms with Crippen LogP contribution in [0.25, 0.3) is 21.5 Å². The van der Waals surface area contributed by atoms with Gasteiger partial charge in [-0.2, -0.15) is 0 Å². The molecule has 4 aromatic rings. The molecule has 0 aromatic heterocycles. The molecule has 0 aliphatic heterocycles. The van der Waals surface area contributed by atoms with Crippen molar-refractivity contribution < 1.29 is 0 Å². The Morgan fingerprint density at radius 1 is 0.565 bits per heavy atom. The molecule has 0 fully saturated rings. The second kappa shape index (κ2) is 6.23. The average Bonchev–Trinajstić information content (AvgIpc) is 2.62. The van der Waals surface area contributed by atoms with Crippen LogP contribution in [0.2, 0.25) is 0 Å². The first-order valence-electron chi connectivity index (χ1n) is 8.06. The molecule has 0 radical (unpaired) electrons. The summed E-state index contributed by atoms with van der Waals surface area (Å²) in [7, 11) is 0. The van der Waals surface area contributed by atoms with Crippen LogP contribution in [0.15, 0.2) is 84.9 Å². The van der Waals surface area contributed by atoms with Gasteiger partial charge >= 0.3 is 0 Å². The van der Waals surface area contributed by atoms with Crippen LogP contribution in [-0.4, -0.2) is 0 Å². The van der Waals surface area contributed by atoms with Crippen LogP contribution in [0.3, 0.4) is 0 Å². The molecular weight excluding hydrogens is 278 g/mol. The monoisotopic (exact) mass is 297 g/mol. The minimum atomic E-state index is 0.872. The van der Waals surface area contributed by atoms with Crippen molar-refractivity contribution in [3.8, 4) is 0 Å². The minimum absolute atomic E-state index is 0.872. The van der Waals surface area contributed by atoms with Gasteiger partial charge in [0.1, 0.15) is 0 Å². The van der Waals surface area contributed by atoms with Gasteiger partial charge in [-0.25, -0.2) is 0 Å². The summed E-state index contributed by atoms with van der Waals surface area (Å²) in [6.07, 6.45) is 0. The predicted octanol–water partition coefficient (Wildman–Crippen LogP) is 5.28. The first-order chi connectivity index (χ1) is 11.4. The lowest BCUT2D eigenvalue weighted by atomic mass is 9.97. The van der Waals surface area contributed by atoms with Crippen molar-refractivity contribution in [2.75, 3.05) is 0 Å². The van der Waals surface area contributed by atoms with Crippen molar-refractivity contribution in [1.29, 1.82) is 0 Å². The highest BCUT2D eigenvalue weighted by Gasteiger charge is 2.06. The number of nitrogens with one attached hydrogen (secondary N) is 1. The van der Waals surface area contributed by atoms with Gasteiger partial charge in [0, 0.05) is 13.1 Å². The van der Waals surface area contributed by atoms with Crippen LogP contribution >= 0.6 is 0 Å². The summed E-state index contributed by atoms with van der Waals surface area (Å²) >= 11 is 0. The smallest absolute Gasteiger partial charge is 0.0221 e. The van der Waals surface area contributed by atoms with Gasteiger partial charge < -0.3 is 5.32 Å². The van der Waals surface area contributed by atoms with Gasteiger partial charge in [-0.1, -0.05) is 78.9 Å². The van der Waals surface area contributed by atoms with Gasteiger partial charge in [0.05, 0.1) is 0 Å². The fourth-order valence-electron chi connectivity index (χ4n) is 3.23. The Hall–Kier alpha value is -2.64. The molecule has 0 saturated carbocycles. The molecule has 0 spiro atoms. The summed E-state index contributed by atoms with van der Waals surface area (Å²) in [5, 5.41) is 8.90. The van der Waals surface area contributed by atoms with Gasteiger partial charge in [-0.3, -0.25) is 0 Å². The summed E-state index contributed by atoms with van der Waals surface area (Å²) in [6, 6.07) is 30.1. The van der Waals surface area contributed by atoms with Gasteiger partial charge in [0.15, 0.2) is 0 Å². The van der Waals surface area contributed by atoms with Crippen molar-refractivity contribution in [2.24, 2.45) is 0 Å². The van der Waals surface area contributed by atoms with E-state index in [1.807, 2.05) is 0 Å². The highest BCUT2D eigenvalue weighted by Crippen LogP contribution is 2.28. The molecule has 0 aliphatic carbocycles. The molecule has 0 aliphatic rings. The number of hydrogen-bond acceptors (Lipinski definition) is 1. The number of benzene rings is 4. The zero-order valence-corrected chi connectivity index (χ0v) is 13.0. The van der Waals surface area contributed by atoms with Crippen LogP contribution in [-0.2, 0) is 13.1 Å². The van der Waals surface area contributed by atoms with Crippen LogP contribution in [0.4, 0.5) is 0 Å². The third-order valence-corrected chi connectivity index (χ3v) is 4.36. The van der Waals surface area contributed by atoms with E-state index in [1.165, 1.54) is 32.7 Å². The van der Waals surface area contributed by atoms with Crippen molar-refractivity contribution in [1.82, 2.24) is 5.32 Å². The molecule has 1 heteroatoms. The minimum Gasteiger partial charge on any atom is -0.309 e. The van der Waals surface area contributed by atoms with E-state index in [9.17, 15) is 0 Å². The normalized spacial score (nSPS) is 11.1. The second-order valence-electron chi connectivity index (χ2n) is 5.89. The molecule has 1 nitrogen and oxygen atoms in total. The van der Waals surface area contributed by atoms with E-state index < -0.39 is 0 Å². The van der Waals surface area contributed by atoms with E-state index in [0.717, 1.165) is 13.1 Å². The number of fused-ring (bicyclic) bond motifs is 2. The van der Waals surface area contributed by atoms with Crippen LogP contribution in [0.5, 0.6) is 0 Å². The average molecular weight is 297 g/mol. The van der Waals surface area contributed by atoms with E-state index in [4.69, 9.17) is 0 Å². The topological polar surface area (TPSA) is 12.0 Å². The van der Waals surface area contributed by atoms with Crippen molar-refractivity contribution in [2.45, 2.75) is 13.1 Å². The van der Waals surface area contributed by atoms with E-state index in [0.29, 0.717) is 0 Å². The Labute approximate surface area is 136 Å². The maximum Gasteiger partial charge on any atom is 0.0221 e. The van der Waals surface area contributed by atoms with Crippen LogP contribution in [0.1, 0.15) is 11.1 Å². The Balaban J connectivity index is 1.71. The third kappa shape index (κ3) is 2.84. The molecule has 0 heterocycles. The van der Waals surface area contributed by atoms with Gasteiger partial charge in [-0.05, 0) is 38.7 Å². The lowest BCUT2D eigenvalue weighted by molar-refractivity contribution is 0.699. The third-order valence-electron chi connectivity index (χ3n) is 4.36. The molecule has 4 aromatic carbocycles. The Bertz CT molecular complexity index is 888. The molecular formula is C22H19N. The summed E-state index contributed by atoms with van der Waals surface area (Å²) in [4.78, 5) is 0. The summed E-state index contributed by atoms with van der Waals surface area (Å²) in [5.41, 5.74) is 2.70. The summed E-state index contributed by atoms with van der Waals surface area (Å²) in [5.74, 6) is 0. The van der Waals surface area contributed by atoms with Crippen LogP contribution < -0.4 is 5.32 Å². The molecule has 0 unspecified atom stereocenters. The Morgan fingerprint density at radius 2 is 1.13 bits per heavy atom. The standard InChI is InChI=1S/C22H19N/c1-2-8-17(9-3-1)15-23-16-22-20-12-6-4-10-18(20)14-19-11-5-7-13-21(19)22/h1-14,23H,15-16H2. The van der Waals surface area contributed by atoms with Crippen molar-refractivity contribution in [3.63, 3.8) is 0 Å². The predicted molar refractivity (Wildman–Crippen MR) is 98.4 cm³/mol. The molecule has 0 amide bonds. The lowest BCUT2D eigenvalue weighted by Crippen LogP contribution is -2.13. The summed E-state index contributed by atoms with van der Waals surface area (Å²) < 4.78 is 0. The molecule has 1 N–H and O–H groups in total. The van der Waals surface area contributed by atoms with E-state index in [2.05, 4.69) is 90.2 Å². The maximum absolute atomic E-state index is 3.60. The molecule has 112 valence electrons. The number of hydrogen-bond donors (Lipinski definition) is 1. The Morgan fingerprint density at radius 3 is 1.78 bits per heavy atom. The van der Waals surface area contributed by atoms with Crippen molar-refractivity contribution >= 4 is 21.5 Å². The fraction of sp³-hybridized carbons (Fsp3) is 0.0909. The molecule has 4 rings (SSSR count). The first kappa shape index (κ1) is 14.0. The Kier molecular flexibility index (Phi) is 3.79. The van der Waals surface area contributed by atoms with Crippen molar-refractivity contribution in [3.05, 3.63) is 96.1 Å². The fourth-order valence-corrected chi connectivity index (χ4v) is 3.23. The zero-order valence-electron chi connectivity index (χ0n) is 13.0. The van der Waals surface area contributed by atoms with Crippen LogP contribution in [0, 0.1) is 0 Å². The van der Waals surface area contributed by atoms with Gasteiger partial charge in [0.2, 0.25) is 0 Å². The largest absolute Gasteiger partial charge is 0.309 e. The quantitative estimate of drug-likeness (QED) is 0.505. The maximum atomic E-state index is 3.60. The molecule has 0 saturated heterocycles.